The van der Waals surface area contributed by atoms with Crippen molar-refractivity contribution in [3.8, 4) is 28.6 Å². The number of rotatable bonds is 9. The number of carboxylic acids is 1. The summed E-state index contributed by atoms with van der Waals surface area (Å²) in [4.78, 5) is 26.6. The van der Waals surface area contributed by atoms with Gasteiger partial charge in [0.1, 0.15) is 17.5 Å². The van der Waals surface area contributed by atoms with Crippen molar-refractivity contribution in [2.45, 2.75) is 65.1 Å². The van der Waals surface area contributed by atoms with Gasteiger partial charge in [-0.25, -0.2) is 0 Å². The standard InChI is InChI=1S/C28H35N5O5/c1-16(2)20-13-21(23(34)14-24(20)38-5)25-30-31-26(27(35)29-17(3)4)33(25)19-10-8-18(9-11-19)15-32-12-6-7-22(32)28(36)37/h8-11,13-14,16-17,22,34H,6-7,12,15H2,1-5H3,(H,29,35)(H,36,37). The van der Waals surface area contributed by atoms with Gasteiger partial charge in [0.05, 0.1) is 12.7 Å². The number of nitrogens with one attached hydrogen (secondary N) is 1. The first kappa shape index (κ1) is 27.1. The number of carbonyl (C=O) groups excluding carboxylic acids is 1. The molecule has 1 atom stereocenters. The van der Waals surface area contributed by atoms with Crippen LogP contribution in [0.1, 0.15) is 68.2 Å². The number of amides is 1. The molecule has 10 heteroatoms. The van der Waals surface area contributed by atoms with E-state index in [-0.39, 0.29) is 29.4 Å². The molecular weight excluding hydrogens is 486 g/mol. The molecule has 1 aromatic heterocycles. The molecule has 38 heavy (non-hydrogen) atoms. The molecule has 10 nitrogen and oxygen atoms in total. The van der Waals surface area contributed by atoms with Crippen molar-refractivity contribution < 1.29 is 24.5 Å². The van der Waals surface area contributed by atoms with E-state index in [2.05, 4.69) is 15.5 Å². The minimum Gasteiger partial charge on any atom is -0.507 e. The van der Waals surface area contributed by atoms with Crippen LogP contribution >= 0.6 is 0 Å². The van der Waals surface area contributed by atoms with Gasteiger partial charge >= 0.3 is 5.97 Å². The Balaban J connectivity index is 1.77. The number of carbonyl (C=O) groups is 2. The lowest BCUT2D eigenvalue weighted by Crippen LogP contribution is -2.35. The van der Waals surface area contributed by atoms with Crippen LogP contribution in [0.25, 0.3) is 17.1 Å². The Morgan fingerprint density at radius 2 is 1.84 bits per heavy atom. The zero-order valence-electron chi connectivity index (χ0n) is 22.4. The third-order valence-corrected chi connectivity index (χ3v) is 6.73. The van der Waals surface area contributed by atoms with E-state index in [1.807, 2.05) is 62.9 Å². The fraction of sp³-hybridized carbons (Fsp3) is 0.429. The molecule has 1 fully saturated rings. The average Bonchev–Trinajstić information content (AvgIpc) is 3.51. The summed E-state index contributed by atoms with van der Waals surface area (Å²) in [6.07, 6.45) is 1.51. The van der Waals surface area contributed by atoms with Crippen molar-refractivity contribution in [2.75, 3.05) is 13.7 Å². The summed E-state index contributed by atoms with van der Waals surface area (Å²) in [6, 6.07) is 10.3. The zero-order chi connectivity index (χ0) is 27.6. The third kappa shape index (κ3) is 5.50. The van der Waals surface area contributed by atoms with Gasteiger partial charge in [0, 0.05) is 24.3 Å². The van der Waals surface area contributed by atoms with Gasteiger partial charge in [0.25, 0.3) is 5.91 Å². The van der Waals surface area contributed by atoms with E-state index in [1.54, 1.807) is 17.7 Å². The van der Waals surface area contributed by atoms with E-state index in [1.165, 1.54) is 0 Å². The van der Waals surface area contributed by atoms with Crippen LogP contribution in [0.3, 0.4) is 0 Å². The molecule has 0 spiro atoms. The Labute approximate surface area is 222 Å². The zero-order valence-corrected chi connectivity index (χ0v) is 22.4. The van der Waals surface area contributed by atoms with Gasteiger partial charge in [0.15, 0.2) is 5.82 Å². The molecule has 1 unspecified atom stereocenters. The second-order valence-electron chi connectivity index (χ2n) is 10.2. The molecule has 202 valence electrons. The first-order valence-electron chi connectivity index (χ1n) is 12.8. The molecule has 1 amide bonds. The van der Waals surface area contributed by atoms with Crippen LogP contribution in [-0.4, -0.2) is 67.5 Å². The number of hydrogen-bond acceptors (Lipinski definition) is 7. The number of aromatic nitrogens is 3. The van der Waals surface area contributed by atoms with Crippen LogP contribution < -0.4 is 10.1 Å². The SMILES string of the molecule is COc1cc(O)c(-c2nnc(C(=O)NC(C)C)n2-c2ccc(CN3CCCC3C(=O)O)cc2)cc1C(C)C. The van der Waals surface area contributed by atoms with Gasteiger partial charge in [-0.15, -0.1) is 10.2 Å². The quantitative estimate of drug-likeness (QED) is 0.386. The van der Waals surface area contributed by atoms with E-state index in [9.17, 15) is 19.8 Å². The van der Waals surface area contributed by atoms with E-state index >= 15 is 0 Å². The number of phenolic OH excluding ortho intramolecular Hbond substituents is 1. The van der Waals surface area contributed by atoms with Crippen LogP contribution in [0.4, 0.5) is 0 Å². The molecule has 1 aliphatic rings. The summed E-state index contributed by atoms with van der Waals surface area (Å²) in [5.74, 6) is -0.135. The van der Waals surface area contributed by atoms with Crippen LogP contribution in [0.15, 0.2) is 36.4 Å². The molecule has 2 heterocycles. The Morgan fingerprint density at radius 1 is 1.13 bits per heavy atom. The van der Waals surface area contributed by atoms with Gasteiger partial charge < -0.3 is 20.3 Å². The molecule has 0 bridgehead atoms. The molecule has 0 radical (unpaired) electrons. The van der Waals surface area contributed by atoms with Crippen LogP contribution in [-0.2, 0) is 11.3 Å². The summed E-state index contributed by atoms with van der Waals surface area (Å²) in [6.45, 7) is 9.03. The number of ether oxygens (including phenoxy) is 1. The van der Waals surface area contributed by atoms with Crippen molar-refractivity contribution in [1.82, 2.24) is 25.0 Å². The Morgan fingerprint density at radius 3 is 2.45 bits per heavy atom. The molecule has 1 aliphatic heterocycles. The normalized spacial score (nSPS) is 15.8. The third-order valence-electron chi connectivity index (χ3n) is 6.73. The highest BCUT2D eigenvalue weighted by molar-refractivity contribution is 5.92. The van der Waals surface area contributed by atoms with Crippen molar-refractivity contribution in [3.63, 3.8) is 0 Å². The first-order chi connectivity index (χ1) is 18.1. The molecule has 3 N–H and O–H groups in total. The predicted molar refractivity (Wildman–Crippen MR) is 143 cm³/mol. The average molecular weight is 522 g/mol. The summed E-state index contributed by atoms with van der Waals surface area (Å²) in [7, 11) is 1.56. The van der Waals surface area contributed by atoms with Gasteiger partial charge in [-0.3, -0.25) is 19.1 Å². The summed E-state index contributed by atoms with van der Waals surface area (Å²) in [5.41, 5.74) is 2.91. The maximum absolute atomic E-state index is 13.1. The minimum atomic E-state index is -0.797. The maximum atomic E-state index is 13.1. The Hall–Kier alpha value is -3.92. The second kappa shape index (κ2) is 11.2. The molecule has 0 aliphatic carbocycles. The van der Waals surface area contributed by atoms with E-state index in [0.717, 1.165) is 24.1 Å². The molecule has 1 saturated heterocycles. The number of aliphatic carboxylic acids is 1. The molecule has 0 saturated carbocycles. The number of nitrogens with zero attached hydrogens (tertiary/aromatic N) is 4. The Bertz CT molecular complexity index is 1320. The van der Waals surface area contributed by atoms with Crippen LogP contribution in [0.5, 0.6) is 11.5 Å². The lowest BCUT2D eigenvalue weighted by molar-refractivity contribution is -0.142. The summed E-state index contributed by atoms with van der Waals surface area (Å²) < 4.78 is 7.09. The molecule has 2 aromatic carbocycles. The fourth-order valence-corrected chi connectivity index (χ4v) is 4.85. The minimum absolute atomic E-state index is 0.0407. The van der Waals surface area contributed by atoms with E-state index < -0.39 is 12.0 Å². The van der Waals surface area contributed by atoms with Gasteiger partial charge in [0.2, 0.25) is 5.82 Å². The highest BCUT2D eigenvalue weighted by Gasteiger charge is 2.30. The van der Waals surface area contributed by atoms with Crippen molar-refractivity contribution in [1.29, 1.82) is 0 Å². The van der Waals surface area contributed by atoms with E-state index in [0.29, 0.717) is 35.8 Å². The van der Waals surface area contributed by atoms with Gasteiger partial charge in [-0.2, -0.15) is 0 Å². The second-order valence-corrected chi connectivity index (χ2v) is 10.2. The number of benzene rings is 2. The number of hydrogen-bond donors (Lipinski definition) is 3. The number of methoxy groups -OCH3 is 1. The van der Waals surface area contributed by atoms with Crippen LogP contribution in [0, 0.1) is 0 Å². The van der Waals surface area contributed by atoms with E-state index in [4.69, 9.17) is 4.74 Å². The highest BCUT2D eigenvalue weighted by atomic mass is 16.5. The van der Waals surface area contributed by atoms with Crippen molar-refractivity contribution in [2.24, 2.45) is 0 Å². The number of aromatic hydroxyl groups is 1. The molecule has 3 aromatic rings. The monoisotopic (exact) mass is 521 g/mol. The van der Waals surface area contributed by atoms with Crippen molar-refractivity contribution in [3.05, 3.63) is 53.3 Å². The van der Waals surface area contributed by atoms with Gasteiger partial charge in [-0.05, 0) is 68.5 Å². The predicted octanol–water partition coefficient (Wildman–Crippen LogP) is 3.96. The van der Waals surface area contributed by atoms with Crippen LogP contribution in [0.2, 0.25) is 0 Å². The first-order valence-corrected chi connectivity index (χ1v) is 12.8. The van der Waals surface area contributed by atoms with Crippen molar-refractivity contribution >= 4 is 11.9 Å². The largest absolute Gasteiger partial charge is 0.507 e. The number of carboxylic acid groups (broad SMARTS) is 1. The summed E-state index contributed by atoms with van der Waals surface area (Å²) in [5, 5.41) is 31.8. The van der Waals surface area contributed by atoms with Gasteiger partial charge in [-0.1, -0.05) is 26.0 Å². The Kier molecular flexibility index (Phi) is 8.01. The highest BCUT2D eigenvalue weighted by Crippen LogP contribution is 2.38. The fourth-order valence-electron chi connectivity index (χ4n) is 4.85. The smallest absolute Gasteiger partial charge is 0.320 e. The maximum Gasteiger partial charge on any atom is 0.320 e. The topological polar surface area (TPSA) is 130 Å². The molecular formula is C28H35N5O5. The summed E-state index contributed by atoms with van der Waals surface area (Å²) >= 11 is 0. The molecule has 4 rings (SSSR count). The lowest BCUT2D eigenvalue weighted by atomic mass is 9.98. The number of likely N-dealkylation sites (tertiary alicyclic amines) is 1. The number of phenols is 1. The lowest BCUT2D eigenvalue weighted by Gasteiger charge is -2.21.